The van der Waals surface area contributed by atoms with Crippen molar-refractivity contribution in [3.63, 3.8) is 0 Å². The maximum absolute atomic E-state index is 6.04. The number of methoxy groups -OCH3 is 1. The van der Waals surface area contributed by atoms with E-state index in [0.717, 1.165) is 23.3 Å². The van der Waals surface area contributed by atoms with Crippen molar-refractivity contribution in [3.05, 3.63) is 18.2 Å². The van der Waals surface area contributed by atoms with Gasteiger partial charge < -0.3 is 15.0 Å². The van der Waals surface area contributed by atoms with Crippen LogP contribution in [0.1, 0.15) is 6.42 Å². The molecule has 0 saturated carbocycles. The highest BCUT2D eigenvalue weighted by Gasteiger charge is 2.19. The highest BCUT2D eigenvalue weighted by Crippen LogP contribution is 2.30. The summed E-state index contributed by atoms with van der Waals surface area (Å²) >= 11 is 2.02. The van der Waals surface area contributed by atoms with Gasteiger partial charge in [-0.05, 0) is 36.0 Å². The van der Waals surface area contributed by atoms with Crippen molar-refractivity contribution in [1.82, 2.24) is 9.55 Å². The second kappa shape index (κ2) is 4.72. The molecule has 0 radical (unpaired) electrons. The summed E-state index contributed by atoms with van der Waals surface area (Å²) in [5.74, 6) is 4.58. The van der Waals surface area contributed by atoms with Crippen LogP contribution in [-0.2, 0) is 6.54 Å². The Labute approximate surface area is 111 Å². The molecule has 2 aromatic rings. The minimum atomic E-state index is 0.589. The fourth-order valence-electron chi connectivity index (χ4n) is 2.48. The average Bonchev–Trinajstić information content (AvgIpc) is 2.99. The van der Waals surface area contributed by atoms with Gasteiger partial charge in [0.05, 0.1) is 12.6 Å². The van der Waals surface area contributed by atoms with Gasteiger partial charge in [-0.1, -0.05) is 6.07 Å². The Morgan fingerprint density at radius 2 is 2.44 bits per heavy atom. The number of aromatic nitrogens is 2. The van der Waals surface area contributed by atoms with Crippen LogP contribution in [0.25, 0.3) is 11.0 Å². The zero-order valence-electron chi connectivity index (χ0n) is 10.4. The van der Waals surface area contributed by atoms with E-state index in [9.17, 15) is 0 Å². The molecule has 2 N–H and O–H groups in total. The molecule has 1 atom stereocenters. The summed E-state index contributed by atoms with van der Waals surface area (Å²) in [7, 11) is 1.66. The van der Waals surface area contributed by atoms with Gasteiger partial charge >= 0.3 is 0 Å². The van der Waals surface area contributed by atoms with Gasteiger partial charge in [0.25, 0.3) is 0 Å². The Hall–Kier alpha value is -1.36. The van der Waals surface area contributed by atoms with Gasteiger partial charge in [-0.25, -0.2) is 4.98 Å². The first-order valence-electron chi connectivity index (χ1n) is 6.16. The van der Waals surface area contributed by atoms with E-state index in [1.165, 1.54) is 17.9 Å². The van der Waals surface area contributed by atoms with E-state index in [2.05, 4.69) is 15.6 Å². The van der Waals surface area contributed by atoms with Gasteiger partial charge in [0.2, 0.25) is 5.95 Å². The number of benzene rings is 1. The molecule has 0 spiro atoms. The molecule has 5 heteroatoms. The van der Waals surface area contributed by atoms with Gasteiger partial charge in [-0.15, -0.1) is 0 Å². The summed E-state index contributed by atoms with van der Waals surface area (Å²) in [6.45, 7) is 0.961. The predicted octanol–water partition coefficient (Wildman–Crippen LogP) is 2.38. The maximum Gasteiger partial charge on any atom is 0.201 e. The van der Waals surface area contributed by atoms with Gasteiger partial charge in [0.15, 0.2) is 0 Å². The average molecular weight is 263 g/mol. The van der Waals surface area contributed by atoms with Crippen molar-refractivity contribution >= 4 is 28.7 Å². The summed E-state index contributed by atoms with van der Waals surface area (Å²) in [5, 5.41) is 0. The molecule has 1 aromatic heterocycles. The summed E-state index contributed by atoms with van der Waals surface area (Å²) < 4.78 is 7.45. The molecular weight excluding hydrogens is 246 g/mol. The van der Waals surface area contributed by atoms with Crippen molar-refractivity contribution in [3.8, 4) is 5.75 Å². The van der Waals surface area contributed by atoms with Crippen molar-refractivity contribution < 1.29 is 4.74 Å². The van der Waals surface area contributed by atoms with Crippen LogP contribution in [0.5, 0.6) is 5.75 Å². The first-order chi connectivity index (χ1) is 8.79. The molecule has 4 nitrogen and oxygen atoms in total. The van der Waals surface area contributed by atoms with Gasteiger partial charge in [-0.2, -0.15) is 11.8 Å². The maximum atomic E-state index is 6.04. The van der Waals surface area contributed by atoms with Crippen LogP contribution >= 0.6 is 11.8 Å². The number of thioether (sulfide) groups is 1. The fraction of sp³-hybridized carbons (Fsp3) is 0.462. The number of imidazole rings is 1. The third-order valence-electron chi connectivity index (χ3n) is 3.46. The number of nitrogen functional groups attached to an aromatic ring is 1. The lowest BCUT2D eigenvalue weighted by Crippen LogP contribution is -2.12. The zero-order chi connectivity index (χ0) is 12.5. The molecule has 1 aliphatic heterocycles. The number of anilines is 1. The number of nitrogens with two attached hydrogens (primary N) is 1. The molecule has 1 aromatic carbocycles. The van der Waals surface area contributed by atoms with Crippen molar-refractivity contribution in [2.75, 3.05) is 24.3 Å². The van der Waals surface area contributed by atoms with Crippen LogP contribution in [-0.4, -0.2) is 28.2 Å². The predicted molar refractivity (Wildman–Crippen MR) is 76.1 cm³/mol. The van der Waals surface area contributed by atoms with E-state index in [4.69, 9.17) is 10.5 Å². The highest BCUT2D eigenvalue weighted by atomic mass is 32.2. The molecule has 0 amide bonds. The van der Waals surface area contributed by atoms with Gasteiger partial charge in [-0.3, -0.25) is 0 Å². The number of fused-ring (bicyclic) bond motifs is 1. The highest BCUT2D eigenvalue weighted by molar-refractivity contribution is 7.99. The van der Waals surface area contributed by atoms with E-state index in [1.807, 2.05) is 23.9 Å². The van der Waals surface area contributed by atoms with Crippen LogP contribution < -0.4 is 10.5 Å². The Morgan fingerprint density at radius 3 is 3.17 bits per heavy atom. The number of hydrogen-bond donors (Lipinski definition) is 1. The number of hydrogen-bond acceptors (Lipinski definition) is 4. The lowest BCUT2D eigenvalue weighted by atomic mass is 10.1. The molecule has 0 aliphatic carbocycles. The van der Waals surface area contributed by atoms with Crippen molar-refractivity contribution in [2.24, 2.45) is 5.92 Å². The van der Waals surface area contributed by atoms with Crippen molar-refractivity contribution in [2.45, 2.75) is 13.0 Å². The molecule has 2 heterocycles. The Morgan fingerprint density at radius 1 is 1.56 bits per heavy atom. The molecule has 1 fully saturated rings. The molecule has 1 saturated heterocycles. The lowest BCUT2D eigenvalue weighted by molar-refractivity contribution is 0.419. The van der Waals surface area contributed by atoms with Gasteiger partial charge in [0.1, 0.15) is 11.3 Å². The van der Waals surface area contributed by atoms with Crippen molar-refractivity contribution in [1.29, 1.82) is 0 Å². The third kappa shape index (κ3) is 1.92. The second-order valence-corrected chi connectivity index (χ2v) is 5.79. The van der Waals surface area contributed by atoms with E-state index in [-0.39, 0.29) is 0 Å². The topological polar surface area (TPSA) is 53.1 Å². The van der Waals surface area contributed by atoms with Crippen LogP contribution in [0, 0.1) is 5.92 Å². The van der Waals surface area contributed by atoms with Crippen LogP contribution in [0.15, 0.2) is 18.2 Å². The summed E-state index contributed by atoms with van der Waals surface area (Å²) in [4.78, 5) is 4.43. The number of rotatable bonds is 3. The second-order valence-electron chi connectivity index (χ2n) is 4.64. The summed E-state index contributed by atoms with van der Waals surface area (Å²) in [5.41, 5.74) is 7.98. The molecule has 3 rings (SSSR count). The third-order valence-corrected chi connectivity index (χ3v) is 4.69. The van der Waals surface area contributed by atoms with Crippen LogP contribution in [0.2, 0.25) is 0 Å². The van der Waals surface area contributed by atoms with Gasteiger partial charge in [0, 0.05) is 6.54 Å². The normalized spacial score (nSPS) is 19.5. The zero-order valence-corrected chi connectivity index (χ0v) is 11.2. The smallest absolute Gasteiger partial charge is 0.201 e. The molecule has 1 aliphatic rings. The number of para-hydroxylation sites is 1. The summed E-state index contributed by atoms with van der Waals surface area (Å²) in [6.07, 6.45) is 1.27. The lowest BCUT2D eigenvalue weighted by Gasteiger charge is -2.11. The minimum Gasteiger partial charge on any atom is -0.494 e. The molecule has 96 valence electrons. The van der Waals surface area contributed by atoms with Crippen LogP contribution in [0.4, 0.5) is 5.95 Å². The molecule has 1 unspecified atom stereocenters. The molecule has 18 heavy (non-hydrogen) atoms. The summed E-state index contributed by atoms with van der Waals surface area (Å²) in [6, 6.07) is 5.97. The Bertz CT molecular complexity index is 561. The standard InChI is InChI=1S/C13H17N3OS/c1-17-11-4-2-3-10-12(11)15-13(14)16(10)7-9-5-6-18-8-9/h2-4,9H,5-8H2,1H3,(H2,14,15). The molecule has 0 bridgehead atoms. The fourth-order valence-corrected chi connectivity index (χ4v) is 3.75. The first kappa shape index (κ1) is 11.7. The Balaban J connectivity index is 2.02. The Kier molecular flexibility index (Phi) is 3.07. The largest absolute Gasteiger partial charge is 0.494 e. The monoisotopic (exact) mass is 263 g/mol. The van der Waals surface area contributed by atoms with Crippen LogP contribution in [0.3, 0.4) is 0 Å². The van der Waals surface area contributed by atoms with E-state index in [1.54, 1.807) is 7.11 Å². The number of ether oxygens (including phenoxy) is 1. The minimum absolute atomic E-state index is 0.589. The van der Waals surface area contributed by atoms with E-state index < -0.39 is 0 Å². The number of nitrogens with zero attached hydrogens (tertiary/aromatic N) is 2. The van der Waals surface area contributed by atoms with E-state index >= 15 is 0 Å². The first-order valence-corrected chi connectivity index (χ1v) is 7.31. The van der Waals surface area contributed by atoms with E-state index in [0.29, 0.717) is 11.9 Å². The SMILES string of the molecule is COc1cccc2c1nc(N)n2CC1CCSC1. The molecular formula is C13H17N3OS. The quantitative estimate of drug-likeness (QED) is 0.923.